The molecule has 2 saturated heterocycles. The molecule has 0 radical (unpaired) electrons. The number of benzene rings is 1. The average Bonchev–Trinajstić information content (AvgIpc) is 3.17. The van der Waals surface area contributed by atoms with E-state index in [0.29, 0.717) is 12.6 Å². The number of aromatic nitrogens is 2. The van der Waals surface area contributed by atoms with Crippen molar-refractivity contribution in [1.29, 1.82) is 0 Å². The Bertz CT molecular complexity index is 699. The summed E-state index contributed by atoms with van der Waals surface area (Å²) >= 11 is 0. The summed E-state index contributed by atoms with van der Waals surface area (Å²) in [6, 6.07) is 11.4. The number of piperidine rings is 2. The molecule has 0 amide bonds. The monoisotopic (exact) mass is 354 g/mol. The third kappa shape index (κ3) is 3.56. The summed E-state index contributed by atoms with van der Waals surface area (Å²) < 4.78 is 1.95. The number of rotatable bonds is 5. The van der Waals surface area contributed by atoms with E-state index in [-0.39, 0.29) is 5.41 Å². The Morgan fingerprint density at radius 2 is 1.88 bits per heavy atom. The summed E-state index contributed by atoms with van der Waals surface area (Å²) in [4.78, 5) is 5.03. The quantitative estimate of drug-likeness (QED) is 0.894. The van der Waals surface area contributed by atoms with E-state index >= 15 is 0 Å². The summed E-state index contributed by atoms with van der Waals surface area (Å²) in [5.74, 6) is 0. The van der Waals surface area contributed by atoms with Gasteiger partial charge < -0.3 is 10.0 Å². The lowest BCUT2D eigenvalue weighted by molar-refractivity contribution is -0.0684. The number of likely N-dealkylation sites (tertiary alicyclic amines) is 2. The summed E-state index contributed by atoms with van der Waals surface area (Å²) in [5.41, 5.74) is 2.77. The van der Waals surface area contributed by atoms with Crippen molar-refractivity contribution in [3.05, 3.63) is 53.9 Å². The van der Waals surface area contributed by atoms with Gasteiger partial charge in [-0.1, -0.05) is 24.3 Å². The highest BCUT2D eigenvalue weighted by Gasteiger charge is 2.46. The minimum Gasteiger partial charge on any atom is -0.396 e. The molecular formula is C21H30N4O. The van der Waals surface area contributed by atoms with Crippen LogP contribution in [0.1, 0.15) is 30.4 Å². The molecule has 1 aromatic heterocycles. The highest BCUT2D eigenvalue weighted by atomic mass is 16.3. The van der Waals surface area contributed by atoms with E-state index < -0.39 is 0 Å². The van der Waals surface area contributed by atoms with Crippen molar-refractivity contribution >= 4 is 0 Å². The van der Waals surface area contributed by atoms with Gasteiger partial charge in [-0.3, -0.25) is 9.58 Å². The molecule has 0 aliphatic carbocycles. The Morgan fingerprint density at radius 1 is 1.12 bits per heavy atom. The molecule has 1 aromatic carbocycles. The smallest absolute Gasteiger partial charge is 0.0659 e. The molecular weight excluding hydrogens is 324 g/mol. The summed E-state index contributed by atoms with van der Waals surface area (Å²) in [6.07, 6.45) is 7.31. The van der Waals surface area contributed by atoms with E-state index in [1.54, 1.807) is 0 Å². The Morgan fingerprint density at radius 3 is 2.58 bits per heavy atom. The maximum atomic E-state index is 10.1. The van der Waals surface area contributed by atoms with Crippen LogP contribution in [0.15, 0.2) is 42.7 Å². The van der Waals surface area contributed by atoms with Gasteiger partial charge in [0, 0.05) is 36.9 Å². The van der Waals surface area contributed by atoms with E-state index in [4.69, 9.17) is 0 Å². The van der Waals surface area contributed by atoms with Gasteiger partial charge in [0.1, 0.15) is 0 Å². The first-order valence-electron chi connectivity index (χ1n) is 9.77. The van der Waals surface area contributed by atoms with Gasteiger partial charge in [-0.15, -0.1) is 0 Å². The Hall–Kier alpha value is -1.69. The molecule has 2 atom stereocenters. The molecule has 0 saturated carbocycles. The van der Waals surface area contributed by atoms with Crippen LogP contribution in [0, 0.1) is 5.41 Å². The van der Waals surface area contributed by atoms with E-state index in [0.717, 1.165) is 39.1 Å². The molecule has 2 aliphatic rings. The molecule has 140 valence electrons. The molecule has 26 heavy (non-hydrogen) atoms. The van der Waals surface area contributed by atoms with Crippen LogP contribution in [0.5, 0.6) is 0 Å². The molecule has 4 rings (SSSR count). The van der Waals surface area contributed by atoms with Crippen LogP contribution in [0.3, 0.4) is 0 Å². The minimum atomic E-state index is 0.122. The van der Waals surface area contributed by atoms with Crippen molar-refractivity contribution in [2.75, 3.05) is 33.3 Å². The molecule has 2 fully saturated rings. The first-order chi connectivity index (χ1) is 12.7. The molecule has 1 N–H and O–H groups in total. The molecule has 2 aromatic rings. The maximum Gasteiger partial charge on any atom is 0.0659 e. The second kappa shape index (κ2) is 7.51. The second-order valence-corrected chi connectivity index (χ2v) is 8.13. The van der Waals surface area contributed by atoms with Crippen molar-refractivity contribution < 1.29 is 5.11 Å². The Kier molecular flexibility index (Phi) is 5.11. The topological polar surface area (TPSA) is 44.5 Å². The number of hydrogen-bond donors (Lipinski definition) is 1. The fourth-order valence-corrected chi connectivity index (χ4v) is 4.81. The van der Waals surface area contributed by atoms with Crippen molar-refractivity contribution in [1.82, 2.24) is 19.6 Å². The summed E-state index contributed by atoms with van der Waals surface area (Å²) in [6.45, 7) is 5.45. The Balaban J connectivity index is 1.38. The van der Waals surface area contributed by atoms with Crippen LogP contribution in [0.25, 0.3) is 0 Å². The van der Waals surface area contributed by atoms with E-state index in [9.17, 15) is 5.11 Å². The number of hydrogen-bond acceptors (Lipinski definition) is 4. The second-order valence-electron chi connectivity index (χ2n) is 8.13. The first kappa shape index (κ1) is 17.7. The van der Waals surface area contributed by atoms with Gasteiger partial charge in [0.25, 0.3) is 0 Å². The predicted molar refractivity (Wildman–Crippen MR) is 103 cm³/mol. The van der Waals surface area contributed by atoms with Gasteiger partial charge in [0.15, 0.2) is 0 Å². The number of likely N-dealkylation sites (N-methyl/N-ethyl adjacent to an activating group) is 1. The number of aliphatic hydroxyl groups is 1. The standard InChI is InChI=1S/C21H30N4O/c1-23-11-2-8-21(17-26)9-13-24(16-20(21)23)14-18-4-6-19(7-5-18)15-25-12-3-10-22-25/h3-7,10,12,20,26H,2,8-9,11,13-17H2,1H3/t20-,21-/m1/s1. The minimum absolute atomic E-state index is 0.122. The lowest BCUT2D eigenvalue weighted by Gasteiger charge is -2.53. The van der Waals surface area contributed by atoms with Crippen LogP contribution in [-0.4, -0.2) is 64.0 Å². The van der Waals surface area contributed by atoms with Crippen molar-refractivity contribution in [2.24, 2.45) is 5.41 Å². The lowest BCUT2D eigenvalue weighted by atomic mass is 9.69. The van der Waals surface area contributed by atoms with Gasteiger partial charge in [0.05, 0.1) is 13.2 Å². The zero-order chi connectivity index (χ0) is 18.0. The van der Waals surface area contributed by atoms with Gasteiger partial charge in [-0.2, -0.15) is 5.10 Å². The van der Waals surface area contributed by atoms with Crippen molar-refractivity contribution in [2.45, 2.75) is 38.4 Å². The predicted octanol–water partition coefficient (Wildman–Crippen LogP) is 2.21. The van der Waals surface area contributed by atoms with Crippen molar-refractivity contribution in [3.8, 4) is 0 Å². The van der Waals surface area contributed by atoms with Gasteiger partial charge in [-0.05, 0) is 56.6 Å². The van der Waals surface area contributed by atoms with Crippen LogP contribution in [0.4, 0.5) is 0 Å². The summed E-state index contributed by atoms with van der Waals surface area (Å²) in [7, 11) is 2.22. The Labute approximate surface area is 156 Å². The largest absolute Gasteiger partial charge is 0.396 e. The average molecular weight is 354 g/mol. The lowest BCUT2D eigenvalue weighted by Crippen LogP contribution is -2.61. The van der Waals surface area contributed by atoms with E-state index in [1.165, 1.54) is 24.0 Å². The third-order valence-electron chi connectivity index (χ3n) is 6.43. The number of nitrogens with zero attached hydrogens (tertiary/aromatic N) is 4. The molecule has 0 bridgehead atoms. The van der Waals surface area contributed by atoms with Crippen molar-refractivity contribution in [3.63, 3.8) is 0 Å². The van der Waals surface area contributed by atoms with Crippen LogP contribution in [-0.2, 0) is 13.1 Å². The highest BCUT2D eigenvalue weighted by molar-refractivity contribution is 5.23. The molecule has 0 unspecified atom stereocenters. The van der Waals surface area contributed by atoms with Gasteiger partial charge in [-0.25, -0.2) is 0 Å². The molecule has 5 nitrogen and oxygen atoms in total. The maximum absolute atomic E-state index is 10.1. The SMILES string of the molecule is CN1CCC[C@]2(CO)CCN(Cc3ccc(Cn4cccn4)cc3)C[C@@H]12. The highest BCUT2D eigenvalue weighted by Crippen LogP contribution is 2.41. The summed E-state index contributed by atoms with van der Waals surface area (Å²) in [5, 5.41) is 14.3. The van der Waals surface area contributed by atoms with Crippen LogP contribution >= 0.6 is 0 Å². The zero-order valence-corrected chi connectivity index (χ0v) is 15.7. The molecule has 5 heteroatoms. The van der Waals surface area contributed by atoms with E-state index in [2.05, 4.69) is 46.2 Å². The molecule has 0 spiro atoms. The van der Waals surface area contributed by atoms with E-state index in [1.807, 2.05) is 23.1 Å². The molecule has 2 aliphatic heterocycles. The zero-order valence-electron chi connectivity index (χ0n) is 15.7. The fourth-order valence-electron chi connectivity index (χ4n) is 4.81. The normalized spacial score (nSPS) is 27.4. The molecule has 3 heterocycles. The van der Waals surface area contributed by atoms with Gasteiger partial charge >= 0.3 is 0 Å². The van der Waals surface area contributed by atoms with Crippen LogP contribution < -0.4 is 0 Å². The van der Waals surface area contributed by atoms with Crippen LogP contribution in [0.2, 0.25) is 0 Å². The fraction of sp³-hybridized carbons (Fsp3) is 0.571. The first-order valence-corrected chi connectivity index (χ1v) is 9.77. The third-order valence-corrected chi connectivity index (χ3v) is 6.43. The number of aliphatic hydroxyl groups excluding tert-OH is 1. The number of fused-ring (bicyclic) bond motifs is 1. The van der Waals surface area contributed by atoms with Gasteiger partial charge in [0.2, 0.25) is 0 Å².